The van der Waals surface area contributed by atoms with Crippen LogP contribution in [-0.4, -0.2) is 10.8 Å². The summed E-state index contributed by atoms with van der Waals surface area (Å²) in [6, 6.07) is 11.6. The van der Waals surface area contributed by atoms with Crippen molar-refractivity contribution in [1.82, 2.24) is 4.98 Å². The lowest BCUT2D eigenvalue weighted by molar-refractivity contribution is 0.101. The Kier molecular flexibility index (Phi) is 3.90. The van der Waals surface area contributed by atoms with Crippen molar-refractivity contribution in [1.29, 1.82) is 0 Å². The van der Waals surface area contributed by atoms with Gasteiger partial charge in [-0.05, 0) is 24.6 Å². The maximum atomic E-state index is 11.4. The molecule has 0 aliphatic carbocycles. The molecule has 1 aromatic heterocycles. The van der Waals surface area contributed by atoms with Crippen molar-refractivity contribution >= 4 is 29.5 Å². The number of ketones is 1. The van der Waals surface area contributed by atoms with Crippen molar-refractivity contribution < 1.29 is 4.79 Å². The average Bonchev–Trinajstić information content (AvgIpc) is 2.38. The number of pyridine rings is 1. The molecule has 0 spiro atoms. The molecule has 2 rings (SSSR count). The molecule has 0 aliphatic rings. The summed E-state index contributed by atoms with van der Waals surface area (Å²) in [4.78, 5) is 15.5. The van der Waals surface area contributed by atoms with E-state index in [2.05, 4.69) is 4.98 Å². The Morgan fingerprint density at radius 2 is 1.94 bits per heavy atom. The molecule has 0 unspecified atom stereocenters. The summed E-state index contributed by atoms with van der Waals surface area (Å²) in [7, 11) is 0. The summed E-state index contributed by atoms with van der Waals surface area (Å²) in [5.41, 5.74) is 2.30. The molecule has 18 heavy (non-hydrogen) atoms. The van der Waals surface area contributed by atoms with Gasteiger partial charge in [-0.25, -0.2) is 0 Å². The van der Waals surface area contributed by atoms with Crippen molar-refractivity contribution in [2.24, 2.45) is 0 Å². The fourth-order valence-corrected chi connectivity index (χ4v) is 1.80. The first-order chi connectivity index (χ1) is 8.66. The zero-order valence-corrected chi connectivity index (χ0v) is 10.7. The second kappa shape index (κ2) is 5.61. The molecule has 0 atom stereocenters. The molecular formula is C15H12ClNO. The van der Waals surface area contributed by atoms with Gasteiger partial charge in [0.05, 0.1) is 10.7 Å². The van der Waals surface area contributed by atoms with Gasteiger partial charge in [-0.15, -0.1) is 0 Å². The number of halogens is 1. The van der Waals surface area contributed by atoms with E-state index in [-0.39, 0.29) is 5.78 Å². The van der Waals surface area contributed by atoms with E-state index in [4.69, 9.17) is 11.6 Å². The number of Topliss-reactive ketones (excluding diaryl/α,β-unsaturated/α-hetero) is 1. The summed E-state index contributed by atoms with van der Waals surface area (Å²) in [6.07, 6.45) is 5.31. The van der Waals surface area contributed by atoms with E-state index < -0.39 is 0 Å². The van der Waals surface area contributed by atoms with Gasteiger partial charge in [-0.2, -0.15) is 0 Å². The number of hydrogen-bond donors (Lipinski definition) is 0. The molecule has 1 heterocycles. The fraction of sp³-hybridized carbons (Fsp3) is 0.0667. The molecular weight excluding hydrogens is 246 g/mol. The Morgan fingerprint density at radius 1 is 1.22 bits per heavy atom. The van der Waals surface area contributed by atoms with Crippen LogP contribution in [0.1, 0.15) is 28.5 Å². The lowest BCUT2D eigenvalue weighted by Crippen LogP contribution is -1.95. The first-order valence-electron chi connectivity index (χ1n) is 5.56. The first kappa shape index (κ1) is 12.5. The van der Waals surface area contributed by atoms with Gasteiger partial charge in [0.25, 0.3) is 0 Å². The van der Waals surface area contributed by atoms with E-state index in [1.54, 1.807) is 6.07 Å². The maximum Gasteiger partial charge on any atom is 0.161 e. The van der Waals surface area contributed by atoms with Crippen LogP contribution in [0.3, 0.4) is 0 Å². The molecule has 0 amide bonds. The predicted octanol–water partition coefficient (Wildman–Crippen LogP) is 4.11. The third-order valence-corrected chi connectivity index (χ3v) is 2.80. The van der Waals surface area contributed by atoms with E-state index in [9.17, 15) is 4.79 Å². The van der Waals surface area contributed by atoms with Crippen LogP contribution < -0.4 is 0 Å². The highest BCUT2D eigenvalue weighted by atomic mass is 35.5. The standard InChI is InChI=1S/C15H12ClNO/c1-11(18)14-9-13(17-10-15(14)16)8-7-12-5-3-2-4-6-12/h2-10H,1H3/b8-7+. The SMILES string of the molecule is CC(=O)c1cc(/C=C/c2ccccc2)ncc1Cl. The zero-order chi connectivity index (χ0) is 13.0. The number of benzene rings is 1. The van der Waals surface area contributed by atoms with E-state index in [1.165, 1.54) is 13.1 Å². The fourth-order valence-electron chi connectivity index (χ4n) is 1.56. The highest BCUT2D eigenvalue weighted by molar-refractivity contribution is 6.33. The van der Waals surface area contributed by atoms with Gasteiger partial charge in [0.1, 0.15) is 0 Å². The van der Waals surface area contributed by atoms with E-state index in [1.807, 2.05) is 42.5 Å². The highest BCUT2D eigenvalue weighted by Gasteiger charge is 2.06. The largest absolute Gasteiger partial charge is 0.294 e. The predicted molar refractivity (Wildman–Crippen MR) is 74.6 cm³/mol. The second-order valence-electron chi connectivity index (χ2n) is 3.89. The van der Waals surface area contributed by atoms with Crippen LogP contribution in [-0.2, 0) is 0 Å². The van der Waals surface area contributed by atoms with Crippen LogP contribution in [0.2, 0.25) is 5.02 Å². The van der Waals surface area contributed by atoms with Crippen LogP contribution in [0.15, 0.2) is 42.6 Å². The van der Waals surface area contributed by atoms with Gasteiger partial charge in [0, 0.05) is 11.8 Å². The smallest absolute Gasteiger partial charge is 0.161 e. The summed E-state index contributed by atoms with van der Waals surface area (Å²) in [5, 5.41) is 0.388. The Hall–Kier alpha value is -1.93. The molecule has 0 saturated heterocycles. The van der Waals surface area contributed by atoms with Crippen molar-refractivity contribution in [3.05, 3.63) is 64.4 Å². The maximum absolute atomic E-state index is 11.4. The van der Waals surface area contributed by atoms with Gasteiger partial charge in [-0.1, -0.05) is 48.0 Å². The Bertz CT molecular complexity index is 591. The summed E-state index contributed by atoms with van der Waals surface area (Å²) in [5.74, 6) is -0.0586. The molecule has 2 aromatic rings. The van der Waals surface area contributed by atoms with Gasteiger partial charge >= 0.3 is 0 Å². The molecule has 1 aromatic carbocycles. The first-order valence-corrected chi connectivity index (χ1v) is 5.94. The number of hydrogen-bond acceptors (Lipinski definition) is 2. The summed E-state index contributed by atoms with van der Waals surface area (Å²) >= 11 is 5.90. The van der Waals surface area contributed by atoms with Gasteiger partial charge in [0.15, 0.2) is 5.78 Å². The van der Waals surface area contributed by atoms with Crippen molar-refractivity contribution in [3.8, 4) is 0 Å². The number of carbonyl (C=O) groups is 1. The molecule has 3 heteroatoms. The minimum atomic E-state index is -0.0586. The Labute approximate surface area is 111 Å². The van der Waals surface area contributed by atoms with Crippen molar-refractivity contribution in [3.63, 3.8) is 0 Å². The van der Waals surface area contributed by atoms with Crippen LogP contribution in [0, 0.1) is 0 Å². The minimum absolute atomic E-state index is 0.0586. The molecule has 0 fully saturated rings. The molecule has 0 saturated carbocycles. The number of carbonyl (C=O) groups excluding carboxylic acids is 1. The van der Waals surface area contributed by atoms with Crippen molar-refractivity contribution in [2.75, 3.05) is 0 Å². The third kappa shape index (κ3) is 3.05. The second-order valence-corrected chi connectivity index (χ2v) is 4.30. The monoisotopic (exact) mass is 257 g/mol. The van der Waals surface area contributed by atoms with Crippen LogP contribution in [0.4, 0.5) is 0 Å². The van der Waals surface area contributed by atoms with E-state index >= 15 is 0 Å². The van der Waals surface area contributed by atoms with Crippen molar-refractivity contribution in [2.45, 2.75) is 6.92 Å². The molecule has 0 radical (unpaired) electrons. The highest BCUT2D eigenvalue weighted by Crippen LogP contribution is 2.17. The number of nitrogens with zero attached hydrogens (tertiary/aromatic N) is 1. The molecule has 0 N–H and O–H groups in total. The van der Waals surface area contributed by atoms with Crippen LogP contribution in [0.25, 0.3) is 12.2 Å². The quantitative estimate of drug-likeness (QED) is 0.775. The Morgan fingerprint density at radius 3 is 2.61 bits per heavy atom. The third-order valence-electron chi connectivity index (χ3n) is 2.50. The lowest BCUT2D eigenvalue weighted by atomic mass is 10.1. The van der Waals surface area contributed by atoms with Gasteiger partial charge < -0.3 is 0 Å². The van der Waals surface area contributed by atoms with E-state index in [0.717, 1.165) is 5.56 Å². The lowest BCUT2D eigenvalue weighted by Gasteiger charge is -2.00. The van der Waals surface area contributed by atoms with Gasteiger partial charge in [0.2, 0.25) is 0 Å². The molecule has 90 valence electrons. The normalized spacial score (nSPS) is 10.8. The number of rotatable bonds is 3. The molecule has 0 aliphatic heterocycles. The van der Waals surface area contributed by atoms with Gasteiger partial charge in [-0.3, -0.25) is 9.78 Å². The van der Waals surface area contributed by atoms with Crippen LogP contribution in [0.5, 0.6) is 0 Å². The van der Waals surface area contributed by atoms with Crippen LogP contribution >= 0.6 is 11.6 Å². The zero-order valence-electron chi connectivity index (χ0n) is 9.93. The number of aromatic nitrogens is 1. The molecule has 0 bridgehead atoms. The minimum Gasteiger partial charge on any atom is -0.294 e. The Balaban J connectivity index is 2.28. The molecule has 2 nitrogen and oxygen atoms in total. The summed E-state index contributed by atoms with van der Waals surface area (Å²) in [6.45, 7) is 1.49. The van der Waals surface area contributed by atoms with E-state index in [0.29, 0.717) is 16.3 Å². The summed E-state index contributed by atoms with van der Waals surface area (Å²) < 4.78 is 0. The average molecular weight is 258 g/mol. The topological polar surface area (TPSA) is 30.0 Å².